The van der Waals surface area contributed by atoms with E-state index in [1.165, 1.54) is 18.2 Å². The van der Waals surface area contributed by atoms with Crippen LogP contribution in [0.3, 0.4) is 0 Å². The number of halogens is 2. The summed E-state index contributed by atoms with van der Waals surface area (Å²) in [5.41, 5.74) is 7.87. The Bertz CT molecular complexity index is 1090. The topological polar surface area (TPSA) is 85.5 Å². The van der Waals surface area contributed by atoms with Crippen LogP contribution in [0, 0.1) is 0 Å². The number of hydrogen-bond donors (Lipinski definition) is 1. The number of rotatable bonds is 8. The summed E-state index contributed by atoms with van der Waals surface area (Å²) in [6.45, 7) is 0.900. The van der Waals surface area contributed by atoms with Crippen LogP contribution in [0.15, 0.2) is 60.8 Å². The first-order valence-corrected chi connectivity index (χ1v) is 10.3. The van der Waals surface area contributed by atoms with Crippen LogP contribution in [0.2, 0.25) is 10.0 Å². The van der Waals surface area contributed by atoms with E-state index in [0.29, 0.717) is 47.1 Å². The molecule has 31 heavy (non-hydrogen) atoms. The number of aromatic nitrogens is 1. The highest BCUT2D eigenvalue weighted by molar-refractivity contribution is 6.34. The van der Waals surface area contributed by atoms with E-state index in [1.807, 2.05) is 24.3 Å². The number of anilines is 1. The molecule has 1 aromatic heterocycles. The molecule has 0 unspecified atom stereocenters. The largest absolute Gasteiger partial charge is 0.385 e. The average molecular weight is 458 g/mol. The standard InChI is InChI=1S/C23H21Cl2N3O3/c1-31-12-4-11-28(23(30)15-6-8-17(22(26)29)20(25)13-15)16-7-9-19(24)18(14-16)21-5-2-3-10-27-21/h2-3,5-10,13-14H,4,11-12H2,1H3,(H2,26,29). The van der Waals surface area contributed by atoms with Crippen molar-refractivity contribution in [3.63, 3.8) is 0 Å². The number of carbonyl (C=O) groups is 2. The Kier molecular flexibility index (Phi) is 7.63. The summed E-state index contributed by atoms with van der Waals surface area (Å²) >= 11 is 12.6. The third-order valence-electron chi connectivity index (χ3n) is 4.66. The maximum Gasteiger partial charge on any atom is 0.258 e. The van der Waals surface area contributed by atoms with Crippen LogP contribution < -0.4 is 10.6 Å². The molecule has 160 valence electrons. The zero-order valence-electron chi connectivity index (χ0n) is 16.8. The van der Waals surface area contributed by atoms with Crippen LogP contribution in [-0.2, 0) is 4.74 Å². The summed E-state index contributed by atoms with van der Waals surface area (Å²) in [6.07, 6.45) is 2.30. The lowest BCUT2D eigenvalue weighted by Gasteiger charge is -2.24. The number of primary amides is 1. The smallest absolute Gasteiger partial charge is 0.258 e. The number of nitrogens with two attached hydrogens (primary N) is 1. The molecule has 0 bridgehead atoms. The number of hydrogen-bond acceptors (Lipinski definition) is 4. The second kappa shape index (κ2) is 10.4. The Morgan fingerprint density at radius 1 is 1.06 bits per heavy atom. The number of benzene rings is 2. The first kappa shape index (κ1) is 22.7. The number of nitrogens with zero attached hydrogens (tertiary/aromatic N) is 2. The van der Waals surface area contributed by atoms with Crippen LogP contribution in [0.5, 0.6) is 0 Å². The normalized spacial score (nSPS) is 10.7. The molecule has 0 aliphatic heterocycles. The van der Waals surface area contributed by atoms with Crippen molar-refractivity contribution >= 4 is 40.7 Å². The SMILES string of the molecule is COCCCN(C(=O)c1ccc(C(N)=O)c(Cl)c1)c1ccc(Cl)c(-c2ccccn2)c1. The van der Waals surface area contributed by atoms with Gasteiger partial charge in [-0.05, 0) is 55.0 Å². The average Bonchev–Trinajstić information content (AvgIpc) is 2.77. The molecule has 0 saturated carbocycles. The Hall–Kier alpha value is -2.93. The molecule has 2 amide bonds. The second-order valence-corrected chi connectivity index (χ2v) is 7.56. The predicted octanol–water partition coefficient (Wildman–Crippen LogP) is 4.84. The van der Waals surface area contributed by atoms with Gasteiger partial charge in [-0.2, -0.15) is 0 Å². The summed E-state index contributed by atoms with van der Waals surface area (Å²) < 4.78 is 5.15. The minimum atomic E-state index is -0.654. The Morgan fingerprint density at radius 3 is 2.52 bits per heavy atom. The van der Waals surface area contributed by atoms with E-state index in [-0.39, 0.29) is 16.5 Å². The molecule has 1 heterocycles. The quantitative estimate of drug-likeness (QED) is 0.490. The lowest BCUT2D eigenvalue weighted by molar-refractivity contribution is 0.0977. The van der Waals surface area contributed by atoms with E-state index in [4.69, 9.17) is 33.7 Å². The molecule has 8 heteroatoms. The molecule has 0 aliphatic rings. The van der Waals surface area contributed by atoms with Crippen molar-refractivity contribution in [2.45, 2.75) is 6.42 Å². The molecule has 6 nitrogen and oxygen atoms in total. The number of methoxy groups -OCH3 is 1. The van der Waals surface area contributed by atoms with Gasteiger partial charge in [0.05, 0.1) is 21.3 Å². The van der Waals surface area contributed by atoms with Crippen molar-refractivity contribution in [1.82, 2.24) is 4.98 Å². The van der Waals surface area contributed by atoms with Crippen LogP contribution in [0.4, 0.5) is 5.69 Å². The molecular weight excluding hydrogens is 437 g/mol. The third kappa shape index (κ3) is 5.41. The number of carbonyl (C=O) groups excluding carboxylic acids is 2. The molecule has 0 spiro atoms. The number of ether oxygens (including phenoxy) is 1. The van der Waals surface area contributed by atoms with Gasteiger partial charge in [0.15, 0.2) is 0 Å². The van der Waals surface area contributed by atoms with Crippen LogP contribution in [-0.4, -0.2) is 37.1 Å². The fourth-order valence-corrected chi connectivity index (χ4v) is 3.61. The minimum absolute atomic E-state index is 0.125. The molecule has 0 radical (unpaired) electrons. The predicted molar refractivity (Wildman–Crippen MR) is 123 cm³/mol. The molecule has 0 saturated heterocycles. The highest BCUT2D eigenvalue weighted by Gasteiger charge is 2.21. The fourth-order valence-electron chi connectivity index (χ4n) is 3.12. The summed E-state index contributed by atoms with van der Waals surface area (Å²) in [5, 5.41) is 0.654. The van der Waals surface area contributed by atoms with Crippen molar-refractivity contribution in [3.8, 4) is 11.3 Å². The third-order valence-corrected chi connectivity index (χ3v) is 5.30. The fraction of sp³-hybridized carbons (Fsp3) is 0.174. The van der Waals surface area contributed by atoms with Crippen molar-refractivity contribution in [1.29, 1.82) is 0 Å². The van der Waals surface area contributed by atoms with Gasteiger partial charge in [0.2, 0.25) is 5.91 Å². The lowest BCUT2D eigenvalue weighted by atomic mass is 10.1. The van der Waals surface area contributed by atoms with Gasteiger partial charge in [-0.15, -0.1) is 0 Å². The lowest BCUT2D eigenvalue weighted by Crippen LogP contribution is -2.32. The molecule has 0 aliphatic carbocycles. The van der Waals surface area contributed by atoms with Crippen LogP contribution >= 0.6 is 23.2 Å². The van der Waals surface area contributed by atoms with E-state index in [9.17, 15) is 9.59 Å². The van der Waals surface area contributed by atoms with Crippen molar-refractivity contribution in [2.75, 3.05) is 25.2 Å². The van der Waals surface area contributed by atoms with Gasteiger partial charge in [0.1, 0.15) is 0 Å². The molecule has 3 aromatic rings. The van der Waals surface area contributed by atoms with Gasteiger partial charge >= 0.3 is 0 Å². The summed E-state index contributed by atoms with van der Waals surface area (Å²) in [6, 6.07) is 15.3. The molecule has 2 N–H and O–H groups in total. The Labute approximate surface area is 190 Å². The van der Waals surface area contributed by atoms with Crippen LogP contribution in [0.1, 0.15) is 27.1 Å². The Morgan fingerprint density at radius 2 is 1.87 bits per heavy atom. The van der Waals surface area contributed by atoms with Gasteiger partial charge in [0.25, 0.3) is 5.91 Å². The van der Waals surface area contributed by atoms with Crippen LogP contribution in [0.25, 0.3) is 11.3 Å². The van der Waals surface area contributed by atoms with E-state index in [0.717, 1.165) is 0 Å². The highest BCUT2D eigenvalue weighted by Crippen LogP contribution is 2.32. The van der Waals surface area contributed by atoms with Crippen molar-refractivity contribution < 1.29 is 14.3 Å². The maximum absolute atomic E-state index is 13.4. The van der Waals surface area contributed by atoms with Gasteiger partial charge in [-0.25, -0.2) is 0 Å². The van der Waals surface area contributed by atoms with Gasteiger partial charge in [-0.1, -0.05) is 29.3 Å². The molecule has 0 fully saturated rings. The van der Waals surface area contributed by atoms with Gasteiger partial charge in [0, 0.05) is 43.3 Å². The first-order chi connectivity index (χ1) is 14.9. The zero-order valence-corrected chi connectivity index (χ0v) is 18.4. The monoisotopic (exact) mass is 457 g/mol. The summed E-state index contributed by atoms with van der Waals surface area (Å²) in [4.78, 5) is 30.8. The summed E-state index contributed by atoms with van der Waals surface area (Å²) in [5.74, 6) is -0.929. The first-order valence-electron chi connectivity index (χ1n) is 9.53. The zero-order chi connectivity index (χ0) is 22.4. The molecular formula is C23H21Cl2N3O3. The number of pyridine rings is 1. The Balaban J connectivity index is 2.00. The summed E-state index contributed by atoms with van der Waals surface area (Å²) in [7, 11) is 1.61. The van der Waals surface area contributed by atoms with E-state index in [1.54, 1.807) is 30.3 Å². The molecule has 0 atom stereocenters. The van der Waals surface area contributed by atoms with E-state index < -0.39 is 5.91 Å². The maximum atomic E-state index is 13.4. The molecule has 2 aromatic carbocycles. The highest BCUT2D eigenvalue weighted by atomic mass is 35.5. The number of amides is 2. The minimum Gasteiger partial charge on any atom is -0.385 e. The van der Waals surface area contributed by atoms with Gasteiger partial charge in [-0.3, -0.25) is 14.6 Å². The van der Waals surface area contributed by atoms with Gasteiger partial charge < -0.3 is 15.4 Å². The van der Waals surface area contributed by atoms with E-state index in [2.05, 4.69) is 4.98 Å². The van der Waals surface area contributed by atoms with Crippen molar-refractivity contribution in [3.05, 3.63) is 82.0 Å². The molecule has 3 rings (SSSR count). The van der Waals surface area contributed by atoms with E-state index >= 15 is 0 Å². The van der Waals surface area contributed by atoms with Crippen molar-refractivity contribution in [2.24, 2.45) is 5.73 Å². The second-order valence-electron chi connectivity index (χ2n) is 6.74.